The second kappa shape index (κ2) is 8.41. The summed E-state index contributed by atoms with van der Waals surface area (Å²) < 4.78 is 11.3. The Morgan fingerprint density at radius 2 is 0.900 bits per heavy atom. The molecule has 0 radical (unpaired) electrons. The molecule has 4 aromatic carbocycles. The van der Waals surface area contributed by atoms with Gasteiger partial charge in [-0.2, -0.15) is 0 Å². The molecule has 0 saturated heterocycles. The quantitative estimate of drug-likeness (QED) is 0.395. The zero-order chi connectivity index (χ0) is 20.9. The van der Waals surface area contributed by atoms with E-state index in [2.05, 4.69) is 0 Å². The van der Waals surface area contributed by atoms with Crippen molar-refractivity contribution in [3.8, 4) is 34.5 Å². The van der Waals surface area contributed by atoms with E-state index in [4.69, 9.17) is 9.47 Å². The second-order valence-electron chi connectivity index (χ2n) is 6.52. The first-order chi connectivity index (χ1) is 14.6. The number of carbonyl (C=O) groups is 1. The van der Waals surface area contributed by atoms with Crippen LogP contribution in [-0.4, -0.2) is 16.0 Å². The fourth-order valence-corrected chi connectivity index (χ4v) is 2.86. The maximum atomic E-state index is 12.7. The zero-order valence-electron chi connectivity index (χ0n) is 15.9. The lowest BCUT2D eigenvalue weighted by atomic mass is 10.0. The lowest BCUT2D eigenvalue weighted by Gasteiger charge is -2.09. The van der Waals surface area contributed by atoms with E-state index in [9.17, 15) is 15.0 Å². The fourth-order valence-electron chi connectivity index (χ4n) is 2.86. The van der Waals surface area contributed by atoms with Crippen LogP contribution in [0, 0.1) is 0 Å². The molecule has 2 N–H and O–H groups in total. The van der Waals surface area contributed by atoms with Gasteiger partial charge in [-0.15, -0.1) is 0 Å². The molecule has 4 aromatic rings. The van der Waals surface area contributed by atoms with Gasteiger partial charge >= 0.3 is 0 Å². The van der Waals surface area contributed by atoms with Crippen molar-refractivity contribution in [2.45, 2.75) is 0 Å². The number of carbonyl (C=O) groups excluding carboxylic acids is 1. The third-order valence-corrected chi connectivity index (χ3v) is 4.42. The predicted molar refractivity (Wildman–Crippen MR) is 113 cm³/mol. The molecular formula is C25H18O5. The van der Waals surface area contributed by atoms with Gasteiger partial charge in [0, 0.05) is 11.1 Å². The summed E-state index contributed by atoms with van der Waals surface area (Å²) in [7, 11) is 0. The number of hydrogen-bond acceptors (Lipinski definition) is 5. The van der Waals surface area contributed by atoms with Crippen LogP contribution in [-0.2, 0) is 0 Å². The first kappa shape index (κ1) is 19.1. The van der Waals surface area contributed by atoms with E-state index in [1.807, 2.05) is 0 Å². The van der Waals surface area contributed by atoms with Crippen LogP contribution in [0.25, 0.3) is 0 Å². The van der Waals surface area contributed by atoms with Crippen molar-refractivity contribution in [3.05, 3.63) is 108 Å². The van der Waals surface area contributed by atoms with Crippen LogP contribution < -0.4 is 9.47 Å². The molecule has 0 bridgehead atoms. The molecule has 0 aliphatic rings. The lowest BCUT2D eigenvalue weighted by Crippen LogP contribution is -2.01. The predicted octanol–water partition coefficient (Wildman–Crippen LogP) is 5.91. The highest BCUT2D eigenvalue weighted by Gasteiger charge is 2.11. The molecule has 0 aliphatic carbocycles. The Labute approximate surface area is 173 Å². The molecule has 0 aromatic heterocycles. The maximum Gasteiger partial charge on any atom is 0.193 e. The van der Waals surface area contributed by atoms with Crippen LogP contribution >= 0.6 is 0 Å². The maximum absolute atomic E-state index is 12.7. The van der Waals surface area contributed by atoms with E-state index in [-0.39, 0.29) is 17.3 Å². The smallest absolute Gasteiger partial charge is 0.193 e. The number of hydrogen-bond donors (Lipinski definition) is 2. The van der Waals surface area contributed by atoms with Crippen molar-refractivity contribution in [1.82, 2.24) is 0 Å². The number of para-hydroxylation sites is 4. The van der Waals surface area contributed by atoms with Crippen LogP contribution in [0.2, 0.25) is 0 Å². The van der Waals surface area contributed by atoms with Gasteiger partial charge in [0.2, 0.25) is 0 Å². The van der Waals surface area contributed by atoms with Crippen molar-refractivity contribution in [3.63, 3.8) is 0 Å². The molecule has 0 saturated carbocycles. The van der Waals surface area contributed by atoms with E-state index >= 15 is 0 Å². The molecule has 5 heteroatoms. The van der Waals surface area contributed by atoms with Gasteiger partial charge in [0.1, 0.15) is 11.5 Å². The van der Waals surface area contributed by atoms with Crippen molar-refractivity contribution in [2.75, 3.05) is 0 Å². The molecule has 0 heterocycles. The summed E-state index contributed by atoms with van der Waals surface area (Å²) in [6.45, 7) is 0. The minimum atomic E-state index is -0.141. The third-order valence-electron chi connectivity index (χ3n) is 4.42. The summed E-state index contributed by atoms with van der Waals surface area (Å²) in [5.41, 5.74) is 1.02. The van der Waals surface area contributed by atoms with E-state index in [0.29, 0.717) is 34.1 Å². The van der Waals surface area contributed by atoms with Crippen LogP contribution in [0.3, 0.4) is 0 Å². The van der Waals surface area contributed by atoms with Gasteiger partial charge in [-0.3, -0.25) is 4.79 Å². The van der Waals surface area contributed by atoms with Gasteiger partial charge in [-0.05, 0) is 72.8 Å². The first-order valence-corrected chi connectivity index (χ1v) is 9.27. The molecular weight excluding hydrogens is 380 g/mol. The number of phenolic OH excluding ortho intramolecular Hbond substituents is 2. The number of aromatic hydroxyl groups is 2. The summed E-state index contributed by atoms with van der Waals surface area (Å²) in [5.74, 6) is 1.66. The summed E-state index contributed by atoms with van der Waals surface area (Å²) in [6, 6.07) is 26.7. The van der Waals surface area contributed by atoms with Gasteiger partial charge in [0.25, 0.3) is 0 Å². The number of benzene rings is 4. The molecule has 30 heavy (non-hydrogen) atoms. The topological polar surface area (TPSA) is 76.0 Å². The number of phenols is 2. The SMILES string of the molecule is O=C(c1ccc(Oc2ccccc2O)cc1)c1ccc(Oc2ccccc2O)cc1. The molecule has 4 rings (SSSR count). The average molecular weight is 398 g/mol. The minimum absolute atomic E-state index is 0.0452. The standard InChI is InChI=1S/C25H18O5/c26-21-5-1-3-7-23(21)29-19-13-9-17(10-14-19)25(28)18-11-15-20(16-12-18)30-24-8-4-2-6-22(24)27/h1-16,26-27H. The lowest BCUT2D eigenvalue weighted by molar-refractivity contribution is 0.103. The van der Waals surface area contributed by atoms with Gasteiger partial charge in [-0.25, -0.2) is 0 Å². The fraction of sp³-hybridized carbons (Fsp3) is 0. The van der Waals surface area contributed by atoms with E-state index < -0.39 is 0 Å². The van der Waals surface area contributed by atoms with Gasteiger partial charge < -0.3 is 19.7 Å². The summed E-state index contributed by atoms with van der Waals surface area (Å²) in [5, 5.41) is 19.6. The molecule has 5 nitrogen and oxygen atoms in total. The Kier molecular flexibility index (Phi) is 5.35. The monoisotopic (exact) mass is 398 g/mol. The average Bonchev–Trinajstić information content (AvgIpc) is 2.77. The van der Waals surface area contributed by atoms with E-state index in [1.165, 1.54) is 0 Å². The Balaban J connectivity index is 1.45. The molecule has 148 valence electrons. The van der Waals surface area contributed by atoms with E-state index in [0.717, 1.165) is 0 Å². The Hall–Kier alpha value is -4.25. The van der Waals surface area contributed by atoms with Crippen molar-refractivity contribution in [2.24, 2.45) is 0 Å². The summed E-state index contributed by atoms with van der Waals surface area (Å²) in [6.07, 6.45) is 0. The number of rotatable bonds is 6. The number of ether oxygens (including phenoxy) is 2. The molecule has 0 spiro atoms. The first-order valence-electron chi connectivity index (χ1n) is 9.27. The van der Waals surface area contributed by atoms with Crippen molar-refractivity contribution < 1.29 is 24.5 Å². The minimum Gasteiger partial charge on any atom is -0.504 e. The second-order valence-corrected chi connectivity index (χ2v) is 6.52. The molecule has 0 atom stereocenters. The van der Waals surface area contributed by atoms with Crippen molar-refractivity contribution >= 4 is 5.78 Å². The normalized spacial score (nSPS) is 10.4. The van der Waals surface area contributed by atoms with Gasteiger partial charge in [0.05, 0.1) is 0 Å². The highest BCUT2D eigenvalue weighted by atomic mass is 16.5. The molecule has 0 aliphatic heterocycles. The Bertz CT molecular complexity index is 1070. The number of ketones is 1. The summed E-state index contributed by atoms with van der Waals surface area (Å²) in [4.78, 5) is 12.7. The zero-order valence-corrected chi connectivity index (χ0v) is 15.9. The Morgan fingerprint density at radius 3 is 1.27 bits per heavy atom. The van der Waals surface area contributed by atoms with Gasteiger partial charge in [0.15, 0.2) is 28.8 Å². The molecule has 0 amide bonds. The highest BCUT2D eigenvalue weighted by Crippen LogP contribution is 2.31. The third kappa shape index (κ3) is 4.25. The van der Waals surface area contributed by atoms with Crippen LogP contribution in [0.1, 0.15) is 15.9 Å². The van der Waals surface area contributed by atoms with Crippen molar-refractivity contribution in [1.29, 1.82) is 0 Å². The highest BCUT2D eigenvalue weighted by molar-refractivity contribution is 6.09. The largest absolute Gasteiger partial charge is 0.504 e. The van der Waals surface area contributed by atoms with Crippen LogP contribution in [0.15, 0.2) is 97.1 Å². The Morgan fingerprint density at radius 1 is 0.533 bits per heavy atom. The van der Waals surface area contributed by atoms with Gasteiger partial charge in [-0.1, -0.05) is 24.3 Å². The van der Waals surface area contributed by atoms with E-state index in [1.54, 1.807) is 97.1 Å². The molecule has 0 fully saturated rings. The summed E-state index contributed by atoms with van der Waals surface area (Å²) >= 11 is 0. The molecule has 0 unspecified atom stereocenters. The van der Waals surface area contributed by atoms with Crippen LogP contribution in [0.5, 0.6) is 34.5 Å². The van der Waals surface area contributed by atoms with Crippen LogP contribution in [0.4, 0.5) is 0 Å².